The SMILES string of the molecule is [Ce+3].[Ce+3].[Ce+3].[Ce+3].[O-2].[O-2].[O-2].[O-2].[O-2].[O-2]. The Bertz CT molecular complexity index is 9.71. The molecule has 0 aromatic carbocycles. The average Bonchev–Trinajstić information content (AvgIpc) is 0. The molecule has 10 heteroatoms. The van der Waals surface area contributed by atoms with Gasteiger partial charge in [0, 0.05) is 0 Å². The molecule has 0 saturated carbocycles. The van der Waals surface area contributed by atoms with Crippen molar-refractivity contribution in [1.29, 1.82) is 0 Å². The molecule has 0 spiro atoms. The van der Waals surface area contributed by atoms with Gasteiger partial charge in [0.15, 0.2) is 0 Å². The van der Waals surface area contributed by atoms with Crippen molar-refractivity contribution in [3.05, 3.63) is 0 Å². The van der Waals surface area contributed by atoms with Crippen molar-refractivity contribution >= 4 is 0 Å². The van der Waals surface area contributed by atoms with Crippen molar-refractivity contribution in [3.63, 3.8) is 0 Å². The average molecular weight is 656 g/mol. The second-order valence-corrected chi connectivity index (χ2v) is 0. The molecule has 0 bridgehead atoms. The van der Waals surface area contributed by atoms with Crippen LogP contribution in [0.2, 0.25) is 0 Å². The van der Waals surface area contributed by atoms with E-state index >= 15 is 0 Å². The van der Waals surface area contributed by atoms with Crippen molar-refractivity contribution in [2.24, 2.45) is 0 Å². The summed E-state index contributed by atoms with van der Waals surface area (Å²) in [6.07, 6.45) is 0. The van der Waals surface area contributed by atoms with Gasteiger partial charge in [0.05, 0.1) is 0 Å². The smallest absolute Gasteiger partial charge is 2.00 e. The number of rotatable bonds is 0. The molecule has 0 amide bonds. The fourth-order valence-corrected chi connectivity index (χ4v) is 0. The van der Waals surface area contributed by atoms with Gasteiger partial charge in [-0.25, -0.2) is 0 Å². The van der Waals surface area contributed by atoms with Crippen LogP contribution in [0, 0.1) is 167 Å². The molecule has 0 aliphatic heterocycles. The maximum absolute atomic E-state index is 0. The van der Waals surface area contributed by atoms with Gasteiger partial charge in [0.1, 0.15) is 0 Å². The van der Waals surface area contributed by atoms with Gasteiger partial charge in [-0.1, -0.05) is 0 Å². The fourth-order valence-electron chi connectivity index (χ4n) is 0. The minimum Gasteiger partial charge on any atom is -2.00 e. The van der Waals surface area contributed by atoms with E-state index in [-0.39, 0.29) is 200 Å². The van der Waals surface area contributed by atoms with Gasteiger partial charge < -0.3 is 32.9 Å². The molecule has 0 atom stereocenters. The van der Waals surface area contributed by atoms with E-state index in [2.05, 4.69) is 0 Å². The normalized spacial score (nSPS) is 0. The zero-order valence-electron chi connectivity index (χ0n) is 4.45. The summed E-state index contributed by atoms with van der Waals surface area (Å²) in [5, 5.41) is 0. The second-order valence-electron chi connectivity index (χ2n) is 0. The first-order valence-electron chi connectivity index (χ1n) is 0. The summed E-state index contributed by atoms with van der Waals surface area (Å²) in [6, 6.07) is 0. The summed E-state index contributed by atoms with van der Waals surface area (Å²) in [7, 11) is 0. The quantitative estimate of drug-likeness (QED) is 0.321. The van der Waals surface area contributed by atoms with E-state index in [0.717, 1.165) is 0 Å². The van der Waals surface area contributed by atoms with Crippen LogP contribution < -0.4 is 0 Å². The Hall–Kier alpha value is 5.27. The summed E-state index contributed by atoms with van der Waals surface area (Å²) in [5.41, 5.74) is 0. The van der Waals surface area contributed by atoms with E-state index in [1.165, 1.54) is 0 Å². The monoisotopic (exact) mass is 656 g/mol. The molecule has 0 aliphatic carbocycles. The summed E-state index contributed by atoms with van der Waals surface area (Å²) in [6.45, 7) is 0. The molecular weight excluding hydrogens is 656 g/mol. The van der Waals surface area contributed by atoms with E-state index in [1.807, 2.05) is 0 Å². The van der Waals surface area contributed by atoms with Gasteiger partial charge >= 0.3 is 167 Å². The van der Waals surface area contributed by atoms with Crippen molar-refractivity contribution in [3.8, 4) is 0 Å². The van der Waals surface area contributed by atoms with E-state index in [4.69, 9.17) is 0 Å². The summed E-state index contributed by atoms with van der Waals surface area (Å²) < 4.78 is 0. The molecular formula is Ce4O6. The zero-order valence-corrected chi connectivity index (χ0v) is 17.0. The van der Waals surface area contributed by atoms with Gasteiger partial charge in [-0.3, -0.25) is 0 Å². The first-order valence-corrected chi connectivity index (χ1v) is 0. The predicted octanol–water partition coefficient (Wildman–Crippen LogP) is -0.713. The molecule has 10 heavy (non-hydrogen) atoms. The van der Waals surface area contributed by atoms with Crippen molar-refractivity contribution < 1.29 is 200 Å². The summed E-state index contributed by atoms with van der Waals surface area (Å²) >= 11 is 0. The Morgan fingerprint density at radius 3 is 0.200 bits per heavy atom. The van der Waals surface area contributed by atoms with Gasteiger partial charge in [0.25, 0.3) is 0 Å². The van der Waals surface area contributed by atoms with Gasteiger partial charge in [-0.15, -0.1) is 0 Å². The molecule has 6 nitrogen and oxygen atoms in total. The van der Waals surface area contributed by atoms with Crippen molar-refractivity contribution in [2.75, 3.05) is 0 Å². The molecule has 0 heterocycles. The van der Waals surface area contributed by atoms with E-state index < -0.39 is 0 Å². The minimum atomic E-state index is 0. The second kappa shape index (κ2) is 90.5. The van der Waals surface area contributed by atoms with Crippen LogP contribution in [0.15, 0.2) is 0 Å². The van der Waals surface area contributed by atoms with Gasteiger partial charge in [0.2, 0.25) is 0 Å². The Labute approximate surface area is 194 Å². The maximum Gasteiger partial charge on any atom is 3.00 e. The van der Waals surface area contributed by atoms with Gasteiger partial charge in [-0.2, -0.15) is 0 Å². The minimum absolute atomic E-state index is 0. The maximum atomic E-state index is 0. The molecule has 0 unspecified atom stereocenters. The Morgan fingerprint density at radius 1 is 0.200 bits per heavy atom. The number of hydrogen-bond acceptors (Lipinski definition) is 0. The van der Waals surface area contributed by atoms with E-state index in [1.54, 1.807) is 0 Å². The third kappa shape index (κ3) is 72.0. The van der Waals surface area contributed by atoms with Crippen LogP contribution in [0.4, 0.5) is 0 Å². The third-order valence-electron chi connectivity index (χ3n) is 0. The van der Waals surface area contributed by atoms with Crippen LogP contribution >= 0.6 is 0 Å². The first-order chi connectivity index (χ1) is 0. The molecule has 4 radical (unpaired) electrons. The molecule has 0 aliphatic rings. The van der Waals surface area contributed by atoms with Crippen LogP contribution in [0.1, 0.15) is 0 Å². The van der Waals surface area contributed by atoms with E-state index in [9.17, 15) is 0 Å². The van der Waals surface area contributed by atoms with E-state index in [0.29, 0.717) is 0 Å². The number of hydrogen-bond donors (Lipinski definition) is 0. The predicted molar refractivity (Wildman–Crippen MR) is 4.12 cm³/mol. The molecule has 52 valence electrons. The van der Waals surface area contributed by atoms with Crippen molar-refractivity contribution in [2.45, 2.75) is 0 Å². The molecule has 0 N–H and O–H groups in total. The zero-order chi connectivity index (χ0) is 0. The molecule has 0 saturated heterocycles. The summed E-state index contributed by atoms with van der Waals surface area (Å²) in [4.78, 5) is 0. The van der Waals surface area contributed by atoms with Crippen LogP contribution in [-0.4, -0.2) is 0 Å². The molecule has 0 rings (SSSR count). The van der Waals surface area contributed by atoms with Crippen LogP contribution in [0.3, 0.4) is 0 Å². The van der Waals surface area contributed by atoms with Crippen LogP contribution in [-0.2, 0) is 32.9 Å². The van der Waals surface area contributed by atoms with Gasteiger partial charge in [-0.05, 0) is 0 Å². The fraction of sp³-hybridized carbons (Fsp3) is 0. The Morgan fingerprint density at radius 2 is 0.200 bits per heavy atom. The van der Waals surface area contributed by atoms with Crippen LogP contribution in [0.25, 0.3) is 0 Å². The largest absolute Gasteiger partial charge is 3.00 e. The van der Waals surface area contributed by atoms with Crippen LogP contribution in [0.5, 0.6) is 0 Å². The molecule has 0 fully saturated rings. The third-order valence-corrected chi connectivity index (χ3v) is 0. The topological polar surface area (TPSA) is 171 Å². The first kappa shape index (κ1) is 112. The Kier molecular flexibility index (Phi) is 1010. The summed E-state index contributed by atoms with van der Waals surface area (Å²) in [5.74, 6) is 0. The molecule has 0 aromatic rings. The van der Waals surface area contributed by atoms with Crippen molar-refractivity contribution in [1.82, 2.24) is 0 Å². The standard InChI is InChI=1S/4Ce.6O/q4*+3;6*-2. The molecule has 0 aromatic heterocycles. The Balaban J connectivity index is 0.